The minimum absolute atomic E-state index is 0.240. The number of alkyl halides is 3. The summed E-state index contributed by atoms with van der Waals surface area (Å²) in [6.45, 7) is 5.98. The van der Waals surface area contributed by atoms with E-state index in [2.05, 4.69) is 10.1 Å². The highest BCUT2D eigenvalue weighted by molar-refractivity contribution is 7.08. The van der Waals surface area contributed by atoms with Crippen LogP contribution in [-0.2, 0) is 0 Å². The van der Waals surface area contributed by atoms with Crippen molar-refractivity contribution < 1.29 is 32.6 Å². The molecule has 0 saturated heterocycles. The molecule has 7 nitrogen and oxygen atoms in total. The maximum Gasteiger partial charge on any atom is 0.573 e. The number of carbonyl (C=O) groups is 2. The Morgan fingerprint density at radius 3 is 2.58 bits per heavy atom. The van der Waals surface area contributed by atoms with E-state index in [1.165, 1.54) is 34.4 Å². The number of ether oxygens (including phenoxy) is 1. The van der Waals surface area contributed by atoms with Gasteiger partial charge in [-0.15, -0.1) is 13.2 Å². The molecule has 11 heteroatoms. The van der Waals surface area contributed by atoms with Crippen molar-refractivity contribution in [1.82, 2.24) is 14.8 Å². The summed E-state index contributed by atoms with van der Waals surface area (Å²) in [5.41, 5.74) is 2.31. The zero-order valence-electron chi connectivity index (χ0n) is 19.9. The summed E-state index contributed by atoms with van der Waals surface area (Å²) in [6, 6.07) is 8.94. The number of nitrogens with one attached hydrogen (secondary N) is 1. The predicted octanol–water partition coefficient (Wildman–Crippen LogP) is 6.24. The molecule has 36 heavy (non-hydrogen) atoms. The topological polar surface area (TPSA) is 83.8 Å². The number of halogens is 3. The monoisotopic (exact) mass is 521 g/mol. The quantitative estimate of drug-likeness (QED) is 0.403. The van der Waals surface area contributed by atoms with E-state index in [-0.39, 0.29) is 24.2 Å². The minimum atomic E-state index is -4.83. The first kappa shape index (κ1) is 25.6. The highest BCUT2D eigenvalue weighted by Gasteiger charge is 2.34. The second-order valence-electron chi connectivity index (χ2n) is 9.51. The Morgan fingerprint density at radius 2 is 1.97 bits per heavy atom. The van der Waals surface area contributed by atoms with Crippen LogP contribution in [0.3, 0.4) is 0 Å². The average Bonchev–Trinajstić information content (AvgIpc) is 3.41. The number of carboxylic acid groups (broad SMARTS) is 1. The van der Waals surface area contributed by atoms with Gasteiger partial charge in [0.1, 0.15) is 11.4 Å². The Bertz CT molecular complexity index is 1260. The van der Waals surface area contributed by atoms with Crippen molar-refractivity contribution in [2.45, 2.75) is 45.1 Å². The molecule has 0 fully saturated rings. The van der Waals surface area contributed by atoms with Crippen molar-refractivity contribution in [2.24, 2.45) is 0 Å². The summed E-state index contributed by atoms with van der Waals surface area (Å²) in [7, 11) is 0. The molecule has 1 atom stereocenters. The summed E-state index contributed by atoms with van der Waals surface area (Å²) < 4.78 is 44.5. The summed E-state index contributed by atoms with van der Waals surface area (Å²) in [5, 5.41) is 16.3. The summed E-state index contributed by atoms with van der Waals surface area (Å²) in [4.78, 5) is 26.1. The maximum absolute atomic E-state index is 12.9. The van der Waals surface area contributed by atoms with Gasteiger partial charge >= 0.3 is 12.5 Å². The largest absolute Gasteiger partial charge is 0.573 e. The molecule has 2 N–H and O–H groups in total. The van der Waals surface area contributed by atoms with Gasteiger partial charge in [-0.2, -0.15) is 11.3 Å². The van der Waals surface area contributed by atoms with Crippen LogP contribution in [0.25, 0.3) is 22.4 Å². The molecule has 0 saturated carbocycles. The molecule has 0 unspecified atom stereocenters. The van der Waals surface area contributed by atoms with E-state index in [1.54, 1.807) is 12.1 Å². The fourth-order valence-electron chi connectivity index (χ4n) is 4.47. The number of aromatic nitrogens is 1. The fourth-order valence-corrected chi connectivity index (χ4v) is 5.11. The first-order valence-electron chi connectivity index (χ1n) is 11.3. The molecule has 0 radical (unpaired) electrons. The van der Waals surface area contributed by atoms with Crippen LogP contribution < -0.4 is 10.1 Å². The van der Waals surface area contributed by atoms with Crippen molar-refractivity contribution in [2.75, 3.05) is 13.1 Å². The van der Waals surface area contributed by atoms with E-state index < -0.39 is 18.0 Å². The lowest BCUT2D eigenvalue weighted by atomic mass is 10.0. The van der Waals surface area contributed by atoms with Crippen LogP contribution in [0.15, 0.2) is 47.2 Å². The van der Waals surface area contributed by atoms with E-state index in [1.807, 2.05) is 42.2 Å². The first-order chi connectivity index (χ1) is 16.8. The van der Waals surface area contributed by atoms with Crippen LogP contribution >= 0.6 is 11.3 Å². The summed E-state index contributed by atoms with van der Waals surface area (Å²) in [6.07, 6.45) is -5.43. The van der Waals surface area contributed by atoms with Crippen molar-refractivity contribution >= 4 is 23.3 Å². The van der Waals surface area contributed by atoms with Crippen molar-refractivity contribution in [1.29, 1.82) is 0 Å². The molecule has 3 aromatic rings. The lowest BCUT2D eigenvalue weighted by molar-refractivity contribution is -0.274. The molecule has 2 aromatic heterocycles. The third-order valence-corrected chi connectivity index (χ3v) is 6.72. The molecular formula is C25H26F3N3O4S. The van der Waals surface area contributed by atoms with Crippen LogP contribution in [0.1, 0.15) is 43.7 Å². The molecule has 3 heterocycles. The highest BCUT2D eigenvalue weighted by atomic mass is 32.1. The molecule has 0 spiro atoms. The smallest absolute Gasteiger partial charge is 0.465 e. The van der Waals surface area contributed by atoms with Crippen LogP contribution in [-0.4, -0.2) is 51.6 Å². The fraction of sp³-hybridized carbons (Fsp3) is 0.360. The molecule has 192 valence electrons. The minimum Gasteiger partial charge on any atom is -0.465 e. The van der Waals surface area contributed by atoms with E-state index in [9.17, 15) is 27.9 Å². The number of nitrogens with zero attached hydrogens (tertiary/aromatic N) is 2. The van der Waals surface area contributed by atoms with E-state index in [4.69, 9.17) is 0 Å². The second kappa shape index (κ2) is 9.53. The molecule has 0 bridgehead atoms. The zero-order valence-corrected chi connectivity index (χ0v) is 20.7. The summed E-state index contributed by atoms with van der Waals surface area (Å²) in [5.74, 6) is -0.661. The SMILES string of the molecule is CC(C)(C)N(CC[C@@H]1CNC(=O)c2cc(-c3cccc(OC(F)(F)F)c3)c(-c3ccsc3)n21)C(=O)O. The van der Waals surface area contributed by atoms with Crippen molar-refractivity contribution in [3.05, 3.63) is 52.9 Å². The maximum atomic E-state index is 12.9. The lowest BCUT2D eigenvalue weighted by Gasteiger charge is -2.36. The Kier molecular flexibility index (Phi) is 6.78. The van der Waals surface area contributed by atoms with Crippen LogP contribution in [0.5, 0.6) is 5.75 Å². The van der Waals surface area contributed by atoms with Crippen LogP contribution in [0.4, 0.5) is 18.0 Å². The average molecular weight is 522 g/mol. The van der Waals surface area contributed by atoms with Gasteiger partial charge in [0, 0.05) is 35.1 Å². The van der Waals surface area contributed by atoms with Gasteiger partial charge in [0.2, 0.25) is 0 Å². The second-order valence-corrected chi connectivity index (χ2v) is 10.3. The number of thiophene rings is 1. The van der Waals surface area contributed by atoms with Gasteiger partial charge in [0.15, 0.2) is 0 Å². The Balaban J connectivity index is 1.80. The number of rotatable bonds is 6. The standard InChI is InChI=1S/C25H26F3N3O4S/c1-24(2,3)30(23(33)34)9-7-17-13-29-22(32)20-12-19(21(31(17)20)16-8-10-36-14-16)15-5-4-6-18(11-15)35-25(26,27)28/h4-6,8,10-12,14,17H,7,9,13H2,1-3H3,(H,29,32)(H,33,34)/t17-/m1/s1. The van der Waals surface area contributed by atoms with Gasteiger partial charge in [0.05, 0.1) is 11.7 Å². The Labute approximate surface area is 210 Å². The molecule has 1 aromatic carbocycles. The van der Waals surface area contributed by atoms with Crippen molar-refractivity contribution in [3.8, 4) is 28.1 Å². The molecular weight excluding hydrogens is 495 g/mol. The Hall–Kier alpha value is -3.47. The van der Waals surface area contributed by atoms with E-state index >= 15 is 0 Å². The molecule has 1 aliphatic rings. The first-order valence-corrected chi connectivity index (χ1v) is 12.2. The van der Waals surface area contributed by atoms with Gasteiger partial charge in [-0.05, 0) is 62.4 Å². The molecule has 2 amide bonds. The lowest BCUT2D eigenvalue weighted by Crippen LogP contribution is -2.47. The van der Waals surface area contributed by atoms with E-state index in [0.717, 1.165) is 5.56 Å². The molecule has 4 rings (SSSR count). The number of hydrogen-bond donors (Lipinski definition) is 2. The normalized spacial score (nSPS) is 15.8. The number of amides is 2. The van der Waals surface area contributed by atoms with Gasteiger partial charge in [-0.1, -0.05) is 12.1 Å². The predicted molar refractivity (Wildman–Crippen MR) is 130 cm³/mol. The number of hydrogen-bond acceptors (Lipinski definition) is 4. The van der Waals surface area contributed by atoms with Gasteiger partial charge < -0.3 is 24.6 Å². The van der Waals surface area contributed by atoms with Gasteiger partial charge in [-0.3, -0.25) is 4.79 Å². The third-order valence-electron chi connectivity index (χ3n) is 6.03. The van der Waals surface area contributed by atoms with Crippen LogP contribution in [0, 0.1) is 0 Å². The van der Waals surface area contributed by atoms with Crippen LogP contribution in [0.2, 0.25) is 0 Å². The molecule has 0 aliphatic carbocycles. The van der Waals surface area contributed by atoms with Gasteiger partial charge in [-0.25, -0.2) is 4.79 Å². The highest BCUT2D eigenvalue weighted by Crippen LogP contribution is 2.41. The van der Waals surface area contributed by atoms with E-state index in [0.29, 0.717) is 35.5 Å². The number of fused-ring (bicyclic) bond motifs is 1. The van der Waals surface area contributed by atoms with Crippen molar-refractivity contribution in [3.63, 3.8) is 0 Å². The van der Waals surface area contributed by atoms with Gasteiger partial charge in [0.25, 0.3) is 5.91 Å². The number of carbonyl (C=O) groups excluding carboxylic acids is 1. The zero-order chi connectivity index (χ0) is 26.3. The summed E-state index contributed by atoms with van der Waals surface area (Å²) >= 11 is 1.46. The molecule has 1 aliphatic heterocycles. The third kappa shape index (κ3) is 5.35. The Morgan fingerprint density at radius 1 is 1.22 bits per heavy atom. The number of benzene rings is 1.